The number of benzene rings is 1. The second-order valence-electron chi connectivity index (χ2n) is 4.52. The van der Waals surface area contributed by atoms with Crippen molar-refractivity contribution >= 4 is 0 Å². The van der Waals surface area contributed by atoms with Gasteiger partial charge in [-0.15, -0.1) is 0 Å². The minimum atomic E-state index is -0.192. The third kappa shape index (κ3) is 1.77. The molecule has 15 heavy (non-hydrogen) atoms. The molecule has 3 heteroatoms. The van der Waals surface area contributed by atoms with Crippen molar-refractivity contribution in [3.05, 3.63) is 35.6 Å². The van der Waals surface area contributed by atoms with Gasteiger partial charge in [-0.25, -0.2) is 4.39 Å². The maximum atomic E-state index is 13.0. The summed E-state index contributed by atoms with van der Waals surface area (Å²) >= 11 is 0. The number of rotatable bonds is 1. The molecule has 1 atom stereocenters. The van der Waals surface area contributed by atoms with Crippen LogP contribution in [0.2, 0.25) is 0 Å². The van der Waals surface area contributed by atoms with Gasteiger partial charge in [0.1, 0.15) is 5.82 Å². The first-order valence-electron chi connectivity index (χ1n) is 5.40. The smallest absolute Gasteiger partial charge is 0.123 e. The van der Waals surface area contributed by atoms with Crippen molar-refractivity contribution < 1.29 is 9.13 Å². The lowest BCUT2D eigenvalue weighted by Gasteiger charge is -2.30. The number of hydrogen-bond acceptors (Lipinski definition) is 2. The summed E-state index contributed by atoms with van der Waals surface area (Å²) in [6.45, 7) is 1.55. The average molecular weight is 207 g/mol. The van der Waals surface area contributed by atoms with Gasteiger partial charge in [0.15, 0.2) is 0 Å². The highest BCUT2D eigenvalue weighted by atomic mass is 19.1. The molecule has 3 rings (SSSR count). The minimum absolute atomic E-state index is 0.00641. The number of hydrogen-bond donors (Lipinski definition) is 1. The summed E-state index contributed by atoms with van der Waals surface area (Å²) in [7, 11) is 0. The van der Waals surface area contributed by atoms with E-state index in [0.29, 0.717) is 0 Å². The molecule has 0 radical (unpaired) electrons. The third-order valence-corrected chi connectivity index (χ3v) is 3.30. The van der Waals surface area contributed by atoms with Gasteiger partial charge in [-0.3, -0.25) is 0 Å². The first kappa shape index (κ1) is 9.31. The zero-order chi connectivity index (χ0) is 10.3. The molecule has 2 fully saturated rings. The van der Waals surface area contributed by atoms with Gasteiger partial charge >= 0.3 is 0 Å². The monoisotopic (exact) mass is 207 g/mol. The Morgan fingerprint density at radius 2 is 2.27 bits per heavy atom. The minimum Gasteiger partial charge on any atom is -0.370 e. The molecule has 1 aliphatic carbocycles. The summed E-state index contributed by atoms with van der Waals surface area (Å²) in [5.41, 5.74) is 1.20. The number of morpholine rings is 1. The first-order valence-corrected chi connectivity index (χ1v) is 5.40. The number of halogens is 1. The lowest BCUT2D eigenvalue weighted by Crippen LogP contribution is -2.44. The average Bonchev–Trinajstić information content (AvgIpc) is 2.99. The highest BCUT2D eigenvalue weighted by Crippen LogP contribution is 2.39. The van der Waals surface area contributed by atoms with Crippen molar-refractivity contribution in [3.8, 4) is 0 Å². The van der Waals surface area contributed by atoms with Crippen LogP contribution >= 0.6 is 0 Å². The molecule has 1 aromatic rings. The molecule has 1 unspecified atom stereocenters. The van der Waals surface area contributed by atoms with E-state index in [0.717, 1.165) is 18.7 Å². The predicted octanol–water partition coefficient (Wildman–Crippen LogP) is 2.02. The molecule has 2 nitrogen and oxygen atoms in total. The largest absolute Gasteiger partial charge is 0.370 e. The molecule has 1 aliphatic heterocycles. The summed E-state index contributed by atoms with van der Waals surface area (Å²) in [5.74, 6) is -0.192. The molecule has 0 aromatic heterocycles. The zero-order valence-corrected chi connectivity index (χ0v) is 8.50. The fourth-order valence-electron chi connectivity index (χ4n) is 2.07. The Balaban J connectivity index is 1.73. The van der Waals surface area contributed by atoms with E-state index in [1.807, 2.05) is 6.07 Å². The van der Waals surface area contributed by atoms with E-state index in [1.54, 1.807) is 12.1 Å². The van der Waals surface area contributed by atoms with Gasteiger partial charge in [0.2, 0.25) is 0 Å². The maximum absolute atomic E-state index is 13.0. The van der Waals surface area contributed by atoms with Crippen LogP contribution in [0.25, 0.3) is 0 Å². The van der Waals surface area contributed by atoms with Crippen LogP contribution in [0, 0.1) is 5.82 Å². The van der Waals surface area contributed by atoms with E-state index >= 15 is 0 Å². The summed E-state index contributed by atoms with van der Waals surface area (Å²) in [4.78, 5) is 0. The van der Waals surface area contributed by atoms with Gasteiger partial charge in [-0.05, 0) is 30.5 Å². The van der Waals surface area contributed by atoms with Crippen molar-refractivity contribution in [1.82, 2.24) is 5.32 Å². The van der Waals surface area contributed by atoms with Crippen LogP contribution in [0.3, 0.4) is 0 Å². The fraction of sp³-hybridized carbons (Fsp3) is 0.500. The summed E-state index contributed by atoms with van der Waals surface area (Å²) in [6.07, 6.45) is 2.43. The molecule has 0 bridgehead atoms. The van der Waals surface area contributed by atoms with Gasteiger partial charge < -0.3 is 10.1 Å². The van der Waals surface area contributed by atoms with E-state index in [2.05, 4.69) is 5.32 Å². The third-order valence-electron chi connectivity index (χ3n) is 3.30. The molecule has 2 aliphatic rings. The molecule has 1 N–H and O–H groups in total. The van der Waals surface area contributed by atoms with Gasteiger partial charge in [0, 0.05) is 12.1 Å². The van der Waals surface area contributed by atoms with Crippen LogP contribution < -0.4 is 5.32 Å². The van der Waals surface area contributed by atoms with Crippen molar-refractivity contribution in [2.24, 2.45) is 0 Å². The molecular formula is C12H14FNO. The Morgan fingerprint density at radius 3 is 2.87 bits per heavy atom. The Bertz CT molecular complexity index is 366. The highest BCUT2D eigenvalue weighted by molar-refractivity contribution is 5.20. The fourth-order valence-corrected chi connectivity index (χ4v) is 2.07. The summed E-state index contributed by atoms with van der Waals surface area (Å²) < 4.78 is 18.8. The van der Waals surface area contributed by atoms with Crippen LogP contribution in [-0.2, 0) is 4.74 Å². The Morgan fingerprint density at radius 1 is 1.40 bits per heavy atom. The molecular weight excluding hydrogens is 193 g/mol. The standard InChI is InChI=1S/C12H14FNO/c13-10-3-1-2-9(6-10)11-7-14-12(4-5-12)8-15-11/h1-3,6,11,14H,4-5,7-8H2. The van der Waals surface area contributed by atoms with Crippen LogP contribution in [0.15, 0.2) is 24.3 Å². The second kappa shape index (κ2) is 3.29. The molecule has 1 saturated heterocycles. The van der Waals surface area contributed by atoms with Gasteiger partial charge in [-0.1, -0.05) is 12.1 Å². The lowest BCUT2D eigenvalue weighted by atomic mass is 10.1. The van der Waals surface area contributed by atoms with Crippen molar-refractivity contribution in [2.75, 3.05) is 13.2 Å². The number of ether oxygens (including phenoxy) is 1. The maximum Gasteiger partial charge on any atom is 0.123 e. The van der Waals surface area contributed by atoms with Gasteiger partial charge in [-0.2, -0.15) is 0 Å². The summed E-state index contributed by atoms with van der Waals surface area (Å²) in [5, 5.41) is 3.49. The van der Waals surface area contributed by atoms with Crippen molar-refractivity contribution in [2.45, 2.75) is 24.5 Å². The molecule has 1 spiro atoms. The van der Waals surface area contributed by atoms with Crippen molar-refractivity contribution in [1.29, 1.82) is 0 Å². The highest BCUT2D eigenvalue weighted by Gasteiger charge is 2.45. The molecule has 1 heterocycles. The lowest BCUT2D eigenvalue weighted by molar-refractivity contribution is -0.00447. The van der Waals surface area contributed by atoms with Gasteiger partial charge in [0.05, 0.1) is 12.7 Å². The first-order chi connectivity index (χ1) is 7.27. The van der Waals surface area contributed by atoms with E-state index in [1.165, 1.54) is 18.9 Å². The predicted molar refractivity (Wildman–Crippen MR) is 55.1 cm³/mol. The van der Waals surface area contributed by atoms with Crippen LogP contribution in [0.1, 0.15) is 24.5 Å². The van der Waals surface area contributed by atoms with Crippen molar-refractivity contribution in [3.63, 3.8) is 0 Å². The topological polar surface area (TPSA) is 21.3 Å². The SMILES string of the molecule is Fc1cccc(C2CNC3(CC3)CO2)c1. The molecule has 1 aromatic carbocycles. The Labute approximate surface area is 88.4 Å². The van der Waals surface area contributed by atoms with Crippen LogP contribution in [0.5, 0.6) is 0 Å². The van der Waals surface area contributed by atoms with E-state index in [-0.39, 0.29) is 17.5 Å². The molecule has 80 valence electrons. The zero-order valence-electron chi connectivity index (χ0n) is 8.50. The molecule has 1 saturated carbocycles. The number of nitrogens with one attached hydrogen (secondary N) is 1. The van der Waals surface area contributed by atoms with Crippen LogP contribution in [0.4, 0.5) is 4.39 Å². The Kier molecular flexibility index (Phi) is 2.04. The summed E-state index contributed by atoms with van der Waals surface area (Å²) in [6, 6.07) is 6.66. The van der Waals surface area contributed by atoms with E-state index in [9.17, 15) is 4.39 Å². The van der Waals surface area contributed by atoms with Gasteiger partial charge in [0.25, 0.3) is 0 Å². The van der Waals surface area contributed by atoms with Crippen LogP contribution in [-0.4, -0.2) is 18.7 Å². The van der Waals surface area contributed by atoms with E-state index < -0.39 is 0 Å². The molecule has 0 amide bonds. The quantitative estimate of drug-likeness (QED) is 0.760. The second-order valence-corrected chi connectivity index (χ2v) is 4.52. The normalized spacial score (nSPS) is 27.9. The van der Waals surface area contributed by atoms with E-state index in [4.69, 9.17) is 4.74 Å². The Hall–Kier alpha value is -0.930.